The van der Waals surface area contributed by atoms with Crippen molar-refractivity contribution in [2.75, 3.05) is 6.29 Å². The highest BCUT2D eigenvalue weighted by Crippen LogP contribution is 2.25. The minimum Gasteiger partial charge on any atom is -0.488 e. The van der Waals surface area contributed by atoms with Gasteiger partial charge in [0, 0.05) is 23.8 Å². The molecule has 3 heteroatoms. The van der Waals surface area contributed by atoms with Crippen molar-refractivity contribution in [1.82, 2.24) is 4.90 Å². The molecule has 1 aromatic rings. The molecule has 1 heterocycles. The fourth-order valence-corrected chi connectivity index (χ4v) is 2.14. The van der Waals surface area contributed by atoms with Crippen molar-refractivity contribution < 1.29 is 4.74 Å². The fourth-order valence-electron chi connectivity index (χ4n) is 1.79. The smallest absolute Gasteiger partial charge is 0.126 e. The Labute approximate surface area is 125 Å². The number of rotatable bonds is 4. The molecular formula is C17H24NOP. The van der Waals surface area contributed by atoms with Crippen LogP contribution >= 0.6 is 9.24 Å². The summed E-state index contributed by atoms with van der Waals surface area (Å²) in [6, 6.07) is 10.2. The quantitative estimate of drug-likeness (QED) is 0.746. The molecule has 20 heavy (non-hydrogen) atoms. The molecule has 0 bridgehead atoms. The van der Waals surface area contributed by atoms with E-state index in [9.17, 15) is 0 Å². The molecular weight excluding hydrogens is 265 g/mol. The lowest BCUT2D eigenvalue weighted by atomic mass is 10.1. The van der Waals surface area contributed by atoms with E-state index >= 15 is 0 Å². The second-order valence-electron chi connectivity index (χ2n) is 4.18. The highest BCUT2D eigenvalue weighted by molar-refractivity contribution is 7.16. The Bertz CT molecular complexity index is 491. The summed E-state index contributed by atoms with van der Waals surface area (Å²) < 4.78 is 5.84. The average molecular weight is 289 g/mol. The third-order valence-electron chi connectivity index (χ3n) is 2.99. The number of hydrogen-bond donors (Lipinski definition) is 0. The van der Waals surface area contributed by atoms with E-state index in [1.54, 1.807) is 0 Å². The van der Waals surface area contributed by atoms with Gasteiger partial charge in [-0.05, 0) is 18.6 Å². The molecule has 1 aromatic carbocycles. The summed E-state index contributed by atoms with van der Waals surface area (Å²) in [6.45, 7) is 10.7. The molecule has 1 aliphatic rings. The Balaban J connectivity index is 0.000000956. The number of nitrogens with zero attached hydrogens (tertiary/aromatic N) is 1. The monoisotopic (exact) mass is 289 g/mol. The molecule has 1 aliphatic heterocycles. The van der Waals surface area contributed by atoms with Gasteiger partial charge in [-0.25, -0.2) is 0 Å². The molecule has 0 radical (unpaired) electrons. The summed E-state index contributed by atoms with van der Waals surface area (Å²) in [7, 11) is 2.69. The molecule has 0 N–H and O–H groups in total. The molecule has 0 amide bonds. The first-order valence-corrected chi connectivity index (χ1v) is 7.76. The first kappa shape index (κ1) is 16.5. The number of ether oxygens (including phenoxy) is 1. The molecule has 108 valence electrons. The molecule has 0 aromatic heterocycles. The van der Waals surface area contributed by atoms with E-state index < -0.39 is 0 Å². The predicted octanol–water partition coefficient (Wildman–Crippen LogP) is 4.68. The van der Waals surface area contributed by atoms with E-state index in [0.717, 1.165) is 23.3 Å². The van der Waals surface area contributed by atoms with Crippen LogP contribution in [0.2, 0.25) is 0 Å². The summed E-state index contributed by atoms with van der Waals surface area (Å²) in [4.78, 5) is 2.08. The van der Waals surface area contributed by atoms with Crippen LogP contribution in [-0.2, 0) is 11.3 Å². The van der Waals surface area contributed by atoms with Gasteiger partial charge in [-0.15, -0.1) is 9.24 Å². The average Bonchev–Trinajstić information content (AvgIpc) is 2.52. The highest BCUT2D eigenvalue weighted by Gasteiger charge is 2.14. The standard InChI is InChI=1S/C15H18NOP.C2H6/c1-12-13(2)16(11-18)9-8-15(12)17-10-14-6-4-3-5-7-14;1-2/h3-9H,2,10-11,18H2,1H3;1-2H3. The number of hydrogen-bond acceptors (Lipinski definition) is 2. The van der Waals surface area contributed by atoms with E-state index in [4.69, 9.17) is 4.74 Å². The fraction of sp³-hybridized carbons (Fsp3) is 0.294. The van der Waals surface area contributed by atoms with Gasteiger partial charge >= 0.3 is 0 Å². The SMILES string of the molecule is C=C1C(C)=C(OCc2ccccc2)C=CN1CP.CC. The van der Waals surface area contributed by atoms with E-state index in [1.165, 1.54) is 5.56 Å². The molecule has 1 unspecified atom stereocenters. The van der Waals surface area contributed by atoms with Gasteiger partial charge in [0.1, 0.15) is 12.4 Å². The van der Waals surface area contributed by atoms with Crippen molar-refractivity contribution in [3.8, 4) is 0 Å². The lowest BCUT2D eigenvalue weighted by molar-refractivity contribution is 0.205. The third kappa shape index (κ3) is 4.25. The molecule has 2 nitrogen and oxygen atoms in total. The maximum absolute atomic E-state index is 5.84. The third-order valence-corrected chi connectivity index (χ3v) is 3.38. The largest absolute Gasteiger partial charge is 0.488 e. The van der Waals surface area contributed by atoms with Crippen molar-refractivity contribution in [3.63, 3.8) is 0 Å². The van der Waals surface area contributed by atoms with Gasteiger partial charge in [0.2, 0.25) is 0 Å². The van der Waals surface area contributed by atoms with Crippen LogP contribution < -0.4 is 0 Å². The number of allylic oxidation sites excluding steroid dienone is 2. The second-order valence-corrected chi connectivity index (χ2v) is 4.54. The van der Waals surface area contributed by atoms with Crippen molar-refractivity contribution in [1.29, 1.82) is 0 Å². The van der Waals surface area contributed by atoms with E-state index in [-0.39, 0.29) is 0 Å². The van der Waals surface area contributed by atoms with Crippen molar-refractivity contribution in [3.05, 3.63) is 71.8 Å². The van der Waals surface area contributed by atoms with E-state index in [1.807, 2.05) is 51.2 Å². The van der Waals surface area contributed by atoms with Crippen LogP contribution in [-0.4, -0.2) is 11.2 Å². The molecule has 1 atom stereocenters. The molecule has 0 saturated carbocycles. The van der Waals surface area contributed by atoms with Crippen molar-refractivity contribution in [2.45, 2.75) is 27.4 Å². The maximum Gasteiger partial charge on any atom is 0.126 e. The van der Waals surface area contributed by atoms with Crippen molar-refractivity contribution >= 4 is 9.24 Å². The van der Waals surface area contributed by atoms with Gasteiger partial charge in [0.05, 0.1) is 0 Å². The first-order chi connectivity index (χ1) is 9.72. The summed E-state index contributed by atoms with van der Waals surface area (Å²) in [5.41, 5.74) is 3.26. The first-order valence-electron chi connectivity index (χ1n) is 6.94. The zero-order chi connectivity index (χ0) is 15.0. The Morgan fingerprint density at radius 3 is 2.45 bits per heavy atom. The maximum atomic E-state index is 5.84. The van der Waals surface area contributed by atoms with Gasteiger partial charge in [-0.3, -0.25) is 0 Å². The van der Waals surface area contributed by atoms with Gasteiger partial charge in [0.15, 0.2) is 0 Å². The van der Waals surface area contributed by atoms with Crippen LogP contribution in [0.5, 0.6) is 0 Å². The van der Waals surface area contributed by atoms with E-state index in [0.29, 0.717) is 6.61 Å². The van der Waals surface area contributed by atoms with Crippen LogP contribution in [0.4, 0.5) is 0 Å². The van der Waals surface area contributed by atoms with Crippen molar-refractivity contribution in [2.24, 2.45) is 0 Å². The zero-order valence-electron chi connectivity index (χ0n) is 12.6. The Morgan fingerprint density at radius 1 is 1.20 bits per heavy atom. The topological polar surface area (TPSA) is 12.5 Å². The summed E-state index contributed by atoms with van der Waals surface area (Å²) in [5, 5.41) is 0. The zero-order valence-corrected chi connectivity index (χ0v) is 13.8. The van der Waals surface area contributed by atoms with Crippen LogP contribution in [0.25, 0.3) is 0 Å². The molecule has 0 spiro atoms. The van der Waals surface area contributed by atoms with Gasteiger partial charge < -0.3 is 9.64 Å². The Kier molecular flexibility index (Phi) is 7.11. The van der Waals surface area contributed by atoms with Gasteiger partial charge in [0.25, 0.3) is 0 Å². The molecule has 0 aliphatic carbocycles. The summed E-state index contributed by atoms with van der Waals surface area (Å²) in [5.74, 6) is 0.901. The lowest BCUT2D eigenvalue weighted by Gasteiger charge is -2.26. The molecule has 0 fully saturated rings. The summed E-state index contributed by atoms with van der Waals surface area (Å²) in [6.07, 6.45) is 4.85. The van der Waals surface area contributed by atoms with Gasteiger partial charge in [-0.1, -0.05) is 50.8 Å². The summed E-state index contributed by atoms with van der Waals surface area (Å²) >= 11 is 0. The van der Waals surface area contributed by atoms with Crippen LogP contribution in [0.3, 0.4) is 0 Å². The minimum atomic E-state index is 0.589. The van der Waals surface area contributed by atoms with E-state index in [2.05, 4.69) is 32.9 Å². The van der Waals surface area contributed by atoms with Crippen LogP contribution in [0, 0.1) is 0 Å². The lowest BCUT2D eigenvalue weighted by Crippen LogP contribution is -2.18. The second kappa shape index (κ2) is 8.60. The minimum absolute atomic E-state index is 0.589. The molecule has 2 rings (SSSR count). The predicted molar refractivity (Wildman–Crippen MR) is 90.0 cm³/mol. The highest BCUT2D eigenvalue weighted by atomic mass is 31.0. The Hall–Kier alpha value is -1.53. The normalized spacial score (nSPS) is 14.0. The van der Waals surface area contributed by atoms with Crippen LogP contribution in [0.1, 0.15) is 26.3 Å². The molecule has 0 saturated heterocycles. The van der Waals surface area contributed by atoms with Gasteiger partial charge in [-0.2, -0.15) is 0 Å². The number of benzene rings is 1. The Morgan fingerprint density at radius 2 is 1.85 bits per heavy atom. The van der Waals surface area contributed by atoms with Crippen LogP contribution in [0.15, 0.2) is 66.2 Å².